The van der Waals surface area contributed by atoms with E-state index in [1.165, 1.54) is 12.3 Å². The van der Waals surface area contributed by atoms with Crippen LogP contribution < -0.4 is 10.2 Å². The predicted octanol–water partition coefficient (Wildman–Crippen LogP) is 5.60. The molecular weight excluding hydrogens is 380 g/mol. The van der Waals surface area contributed by atoms with Crippen molar-refractivity contribution in [1.82, 2.24) is 0 Å². The SMILES string of the molecule is Cc1ccc(/C=C/C(=O)Oc2c(-c3ccco3)oc3c(C)cc(C)cc3c2=O)cc1. The van der Waals surface area contributed by atoms with Crippen LogP contribution in [0.4, 0.5) is 0 Å². The Morgan fingerprint density at radius 1 is 1.00 bits per heavy atom. The molecule has 0 aliphatic rings. The minimum Gasteiger partial charge on any atom is -0.461 e. The van der Waals surface area contributed by atoms with Crippen LogP contribution in [-0.4, -0.2) is 5.97 Å². The van der Waals surface area contributed by atoms with Gasteiger partial charge in [0.25, 0.3) is 0 Å². The van der Waals surface area contributed by atoms with E-state index in [1.807, 2.05) is 51.1 Å². The number of esters is 1. The van der Waals surface area contributed by atoms with Gasteiger partial charge in [0.15, 0.2) is 5.76 Å². The molecular formula is C25H20O5. The third kappa shape index (κ3) is 3.82. The van der Waals surface area contributed by atoms with Gasteiger partial charge in [0.2, 0.25) is 16.9 Å². The number of furan rings is 1. The van der Waals surface area contributed by atoms with Crippen LogP contribution in [0, 0.1) is 20.8 Å². The number of carbonyl (C=O) groups excluding carboxylic acids is 1. The third-order valence-electron chi connectivity index (χ3n) is 4.72. The molecule has 0 aliphatic heterocycles. The fourth-order valence-electron chi connectivity index (χ4n) is 3.27. The van der Waals surface area contributed by atoms with Crippen LogP contribution >= 0.6 is 0 Å². The van der Waals surface area contributed by atoms with Gasteiger partial charge in [-0.1, -0.05) is 35.9 Å². The summed E-state index contributed by atoms with van der Waals surface area (Å²) in [6.45, 7) is 5.74. The largest absolute Gasteiger partial charge is 0.461 e. The van der Waals surface area contributed by atoms with Crippen molar-refractivity contribution in [2.45, 2.75) is 20.8 Å². The summed E-state index contributed by atoms with van der Waals surface area (Å²) in [5, 5.41) is 0.355. The monoisotopic (exact) mass is 400 g/mol. The van der Waals surface area contributed by atoms with Gasteiger partial charge in [-0.2, -0.15) is 0 Å². The first-order chi connectivity index (χ1) is 14.4. The van der Waals surface area contributed by atoms with Crippen LogP contribution in [-0.2, 0) is 4.79 Å². The molecule has 5 heteroatoms. The van der Waals surface area contributed by atoms with Crippen molar-refractivity contribution >= 4 is 23.0 Å². The summed E-state index contributed by atoms with van der Waals surface area (Å²) in [5.74, 6) is -0.485. The standard InChI is InChI=1S/C25H20O5/c1-15-6-8-18(9-7-15)10-11-21(26)29-25-22(27)19-14-16(2)13-17(3)23(19)30-24(25)20-5-4-12-28-20/h4-14H,1-3H3/b11-10+. The molecule has 30 heavy (non-hydrogen) atoms. The van der Waals surface area contributed by atoms with Gasteiger partial charge in [0.05, 0.1) is 11.6 Å². The molecule has 2 aromatic heterocycles. The summed E-state index contributed by atoms with van der Waals surface area (Å²) in [6, 6.07) is 14.6. The molecule has 4 rings (SSSR count). The predicted molar refractivity (Wildman–Crippen MR) is 116 cm³/mol. The lowest BCUT2D eigenvalue weighted by Crippen LogP contribution is -2.14. The summed E-state index contributed by atoms with van der Waals surface area (Å²) < 4.78 is 16.8. The highest BCUT2D eigenvalue weighted by atomic mass is 16.5. The topological polar surface area (TPSA) is 69.7 Å². The van der Waals surface area contributed by atoms with E-state index in [1.54, 1.807) is 24.3 Å². The van der Waals surface area contributed by atoms with E-state index in [0.29, 0.717) is 16.7 Å². The van der Waals surface area contributed by atoms with E-state index < -0.39 is 11.4 Å². The van der Waals surface area contributed by atoms with Gasteiger partial charge in [0.1, 0.15) is 5.58 Å². The third-order valence-corrected chi connectivity index (χ3v) is 4.72. The maximum Gasteiger partial charge on any atom is 0.336 e. The molecule has 0 spiro atoms. The molecule has 0 fully saturated rings. The Bertz CT molecular complexity index is 1310. The normalized spacial score (nSPS) is 11.3. The summed E-state index contributed by atoms with van der Waals surface area (Å²) in [7, 11) is 0. The second kappa shape index (κ2) is 7.87. The fraction of sp³-hybridized carbons (Fsp3) is 0.120. The minimum atomic E-state index is -0.681. The van der Waals surface area contributed by atoms with Crippen molar-refractivity contribution < 1.29 is 18.4 Å². The molecule has 0 radical (unpaired) electrons. The van der Waals surface area contributed by atoms with Crippen LogP contribution in [0.15, 0.2) is 74.5 Å². The molecule has 0 unspecified atom stereocenters. The molecule has 4 aromatic rings. The second-order valence-corrected chi connectivity index (χ2v) is 7.19. The Balaban J connectivity index is 1.77. The van der Waals surface area contributed by atoms with Crippen LogP contribution in [0.1, 0.15) is 22.3 Å². The smallest absolute Gasteiger partial charge is 0.336 e. The maximum atomic E-state index is 13.2. The highest BCUT2D eigenvalue weighted by Gasteiger charge is 2.22. The van der Waals surface area contributed by atoms with Gasteiger partial charge in [-0.15, -0.1) is 0 Å². The molecule has 0 N–H and O–H groups in total. The first kappa shape index (κ1) is 19.5. The van der Waals surface area contributed by atoms with Gasteiger partial charge in [-0.05, 0) is 61.7 Å². The highest BCUT2D eigenvalue weighted by Crippen LogP contribution is 2.32. The zero-order chi connectivity index (χ0) is 21.3. The number of carbonyl (C=O) groups is 1. The molecule has 0 saturated heterocycles. The number of ether oxygens (including phenoxy) is 1. The van der Waals surface area contributed by atoms with E-state index in [4.69, 9.17) is 13.6 Å². The molecule has 0 saturated carbocycles. The first-order valence-corrected chi connectivity index (χ1v) is 9.51. The summed E-state index contributed by atoms with van der Waals surface area (Å²) in [5.41, 5.74) is 3.71. The Morgan fingerprint density at radius 3 is 2.47 bits per heavy atom. The van der Waals surface area contributed by atoms with Gasteiger partial charge >= 0.3 is 5.97 Å². The van der Waals surface area contributed by atoms with Gasteiger partial charge < -0.3 is 13.6 Å². The van der Waals surface area contributed by atoms with Crippen LogP contribution in [0.5, 0.6) is 5.75 Å². The van der Waals surface area contributed by atoms with Crippen molar-refractivity contribution in [3.63, 3.8) is 0 Å². The first-order valence-electron chi connectivity index (χ1n) is 9.51. The van der Waals surface area contributed by atoms with Crippen LogP contribution in [0.3, 0.4) is 0 Å². The van der Waals surface area contributed by atoms with Crippen molar-refractivity contribution in [3.8, 4) is 17.3 Å². The summed E-state index contributed by atoms with van der Waals surface area (Å²) >= 11 is 0. The summed E-state index contributed by atoms with van der Waals surface area (Å²) in [6.07, 6.45) is 4.37. The van der Waals surface area contributed by atoms with E-state index in [-0.39, 0.29) is 11.5 Å². The number of rotatable bonds is 4. The highest BCUT2D eigenvalue weighted by molar-refractivity contribution is 5.91. The number of aryl methyl sites for hydroxylation is 3. The quantitative estimate of drug-likeness (QED) is 0.330. The molecule has 0 atom stereocenters. The number of benzene rings is 2. The zero-order valence-electron chi connectivity index (χ0n) is 16.9. The average Bonchev–Trinajstić information content (AvgIpc) is 3.24. The second-order valence-electron chi connectivity index (χ2n) is 7.19. The molecule has 2 heterocycles. The Hall–Kier alpha value is -3.86. The molecule has 2 aromatic carbocycles. The Labute approximate surface area is 173 Å². The number of hydrogen-bond acceptors (Lipinski definition) is 5. The number of fused-ring (bicyclic) bond motifs is 1. The molecule has 0 amide bonds. The van der Waals surface area contributed by atoms with Crippen molar-refractivity contribution in [2.75, 3.05) is 0 Å². The summed E-state index contributed by atoms with van der Waals surface area (Å²) in [4.78, 5) is 25.7. The lowest BCUT2D eigenvalue weighted by Gasteiger charge is -2.10. The van der Waals surface area contributed by atoms with Crippen molar-refractivity contribution in [2.24, 2.45) is 0 Å². The van der Waals surface area contributed by atoms with Gasteiger partial charge in [-0.3, -0.25) is 4.79 Å². The molecule has 0 aliphatic carbocycles. The van der Waals surface area contributed by atoms with Crippen LogP contribution in [0.2, 0.25) is 0 Å². The van der Waals surface area contributed by atoms with Crippen molar-refractivity contribution in [1.29, 1.82) is 0 Å². The van der Waals surface area contributed by atoms with Crippen LogP contribution in [0.25, 0.3) is 28.6 Å². The van der Waals surface area contributed by atoms with E-state index in [2.05, 4.69) is 0 Å². The van der Waals surface area contributed by atoms with Gasteiger partial charge in [-0.25, -0.2) is 4.79 Å². The number of hydrogen-bond donors (Lipinski definition) is 0. The average molecular weight is 400 g/mol. The van der Waals surface area contributed by atoms with Crippen molar-refractivity contribution in [3.05, 3.63) is 93.3 Å². The van der Waals surface area contributed by atoms with E-state index in [0.717, 1.165) is 22.3 Å². The zero-order valence-corrected chi connectivity index (χ0v) is 16.9. The Kier molecular flexibility index (Phi) is 5.11. The minimum absolute atomic E-state index is 0.0848. The lowest BCUT2D eigenvalue weighted by molar-refractivity contribution is -0.129. The Morgan fingerprint density at radius 2 is 1.77 bits per heavy atom. The fourth-order valence-corrected chi connectivity index (χ4v) is 3.27. The maximum absolute atomic E-state index is 13.2. The molecule has 5 nitrogen and oxygen atoms in total. The van der Waals surface area contributed by atoms with E-state index in [9.17, 15) is 9.59 Å². The molecule has 150 valence electrons. The molecule has 0 bridgehead atoms. The van der Waals surface area contributed by atoms with Gasteiger partial charge in [0, 0.05) is 6.08 Å². The van der Waals surface area contributed by atoms with E-state index >= 15 is 0 Å². The lowest BCUT2D eigenvalue weighted by atomic mass is 10.1.